The third kappa shape index (κ3) is 3.49. The molecule has 0 spiro atoms. The molecule has 7 nitrogen and oxygen atoms in total. The number of hydrogen-bond donors (Lipinski definition) is 1. The summed E-state index contributed by atoms with van der Waals surface area (Å²) in [6, 6.07) is 0.799. The quantitative estimate of drug-likeness (QED) is 0.888. The number of piperazine rings is 1. The molecule has 2 aliphatic rings. The van der Waals surface area contributed by atoms with Crippen LogP contribution in [0.3, 0.4) is 0 Å². The van der Waals surface area contributed by atoms with E-state index in [-0.39, 0.29) is 0 Å². The molecule has 2 aromatic heterocycles. The fraction of sp³-hybridized carbons (Fsp3) is 0.737. The van der Waals surface area contributed by atoms with E-state index >= 15 is 0 Å². The minimum absolute atomic E-state index is 0.799. The van der Waals surface area contributed by atoms with Crippen LogP contribution in [0.5, 0.6) is 0 Å². The number of nitrogens with one attached hydrogen (secondary N) is 1. The fourth-order valence-corrected chi connectivity index (χ4v) is 4.26. The lowest BCUT2D eigenvalue weighted by atomic mass is 9.94. The molecule has 1 aliphatic heterocycles. The minimum atomic E-state index is 0.799. The van der Waals surface area contributed by atoms with Crippen LogP contribution in [-0.2, 0) is 7.05 Å². The van der Waals surface area contributed by atoms with Crippen LogP contribution < -0.4 is 10.2 Å². The van der Waals surface area contributed by atoms with Crippen molar-refractivity contribution in [2.45, 2.75) is 51.5 Å². The zero-order valence-electron chi connectivity index (χ0n) is 16.1. The second kappa shape index (κ2) is 7.78. The summed E-state index contributed by atoms with van der Waals surface area (Å²) in [6.07, 6.45) is 9.90. The van der Waals surface area contributed by atoms with Crippen LogP contribution in [0.4, 0.5) is 11.8 Å². The number of nitrogens with zero attached hydrogens (tertiary/aromatic N) is 6. The first-order valence-electron chi connectivity index (χ1n) is 10.2. The Bertz CT molecular complexity index is 727. The van der Waals surface area contributed by atoms with Gasteiger partial charge in [-0.25, -0.2) is 0 Å². The molecule has 0 atom stereocenters. The third-order valence-corrected chi connectivity index (χ3v) is 5.81. The van der Waals surface area contributed by atoms with Gasteiger partial charge in [0.05, 0.1) is 11.6 Å². The highest BCUT2D eigenvalue weighted by Gasteiger charge is 2.26. The number of anilines is 2. The summed E-state index contributed by atoms with van der Waals surface area (Å²) in [6.45, 7) is 7.33. The van der Waals surface area contributed by atoms with Crippen molar-refractivity contribution >= 4 is 22.8 Å². The number of rotatable bonds is 5. The van der Waals surface area contributed by atoms with Crippen LogP contribution >= 0.6 is 0 Å². The van der Waals surface area contributed by atoms with E-state index in [1.165, 1.54) is 32.1 Å². The molecule has 0 aromatic carbocycles. The van der Waals surface area contributed by atoms with Crippen molar-refractivity contribution in [3.63, 3.8) is 0 Å². The smallest absolute Gasteiger partial charge is 0.229 e. The highest BCUT2D eigenvalue weighted by Crippen LogP contribution is 2.26. The van der Waals surface area contributed by atoms with Gasteiger partial charge in [0.15, 0.2) is 5.65 Å². The average Bonchev–Trinajstić information content (AvgIpc) is 3.08. The molecule has 0 radical (unpaired) electrons. The van der Waals surface area contributed by atoms with Crippen molar-refractivity contribution in [3.8, 4) is 0 Å². The van der Waals surface area contributed by atoms with Crippen LogP contribution in [-0.4, -0.2) is 63.4 Å². The third-order valence-electron chi connectivity index (χ3n) is 5.81. The van der Waals surface area contributed by atoms with Gasteiger partial charge >= 0.3 is 0 Å². The van der Waals surface area contributed by atoms with Gasteiger partial charge in [0.2, 0.25) is 5.95 Å². The van der Waals surface area contributed by atoms with Gasteiger partial charge in [-0.1, -0.05) is 26.2 Å². The van der Waals surface area contributed by atoms with Crippen molar-refractivity contribution in [3.05, 3.63) is 6.20 Å². The first-order chi connectivity index (χ1) is 12.8. The maximum atomic E-state index is 4.84. The summed E-state index contributed by atoms with van der Waals surface area (Å²) < 4.78 is 1.84. The van der Waals surface area contributed by atoms with Crippen molar-refractivity contribution in [2.75, 3.05) is 42.9 Å². The predicted molar refractivity (Wildman–Crippen MR) is 106 cm³/mol. The molecule has 1 N–H and O–H groups in total. The summed E-state index contributed by atoms with van der Waals surface area (Å²) in [7, 11) is 1.95. The molecule has 1 aliphatic carbocycles. The summed E-state index contributed by atoms with van der Waals surface area (Å²) in [5, 5.41) is 8.83. The van der Waals surface area contributed by atoms with Gasteiger partial charge in [-0.15, -0.1) is 0 Å². The molecule has 1 saturated heterocycles. The van der Waals surface area contributed by atoms with Gasteiger partial charge in [0, 0.05) is 45.8 Å². The van der Waals surface area contributed by atoms with E-state index in [0.29, 0.717) is 0 Å². The molecular weight excluding hydrogens is 326 g/mol. The summed E-state index contributed by atoms with van der Waals surface area (Å²) >= 11 is 0. The van der Waals surface area contributed by atoms with Gasteiger partial charge in [-0.2, -0.15) is 15.1 Å². The molecular formula is C19H31N7. The Balaban J connectivity index is 1.50. The molecule has 7 heteroatoms. The standard InChI is InChI=1S/C19H31N7/c1-3-9-20-17-16-14-21-24(2)18(16)23-19(22-17)26-12-10-25(11-13-26)15-7-5-4-6-8-15/h14-15H,3-13H2,1-2H3,(H,20,22,23). The number of hydrogen-bond acceptors (Lipinski definition) is 6. The number of aryl methyl sites for hydroxylation is 1. The topological polar surface area (TPSA) is 62.1 Å². The molecule has 1 saturated carbocycles. The van der Waals surface area contributed by atoms with E-state index in [4.69, 9.17) is 9.97 Å². The van der Waals surface area contributed by atoms with Crippen molar-refractivity contribution < 1.29 is 0 Å². The van der Waals surface area contributed by atoms with Gasteiger partial charge in [-0.3, -0.25) is 9.58 Å². The van der Waals surface area contributed by atoms with E-state index in [1.807, 2.05) is 17.9 Å². The SMILES string of the molecule is CCCNc1nc(N2CCN(C3CCCCC3)CC2)nc2c1cnn2C. The first kappa shape index (κ1) is 17.5. The first-order valence-corrected chi connectivity index (χ1v) is 10.2. The Morgan fingerprint density at radius 3 is 2.58 bits per heavy atom. The van der Waals surface area contributed by atoms with Crippen molar-refractivity contribution in [1.29, 1.82) is 0 Å². The van der Waals surface area contributed by atoms with E-state index in [9.17, 15) is 0 Å². The Morgan fingerprint density at radius 2 is 1.85 bits per heavy atom. The highest BCUT2D eigenvalue weighted by atomic mass is 15.4. The van der Waals surface area contributed by atoms with Crippen LogP contribution in [0.25, 0.3) is 11.0 Å². The largest absolute Gasteiger partial charge is 0.369 e. The summed E-state index contributed by atoms with van der Waals surface area (Å²) in [5.41, 5.74) is 0.906. The zero-order chi connectivity index (χ0) is 17.9. The lowest BCUT2D eigenvalue weighted by Crippen LogP contribution is -2.51. The highest BCUT2D eigenvalue weighted by molar-refractivity contribution is 5.87. The van der Waals surface area contributed by atoms with Crippen molar-refractivity contribution in [2.24, 2.45) is 7.05 Å². The zero-order valence-corrected chi connectivity index (χ0v) is 16.1. The molecule has 0 unspecified atom stereocenters. The van der Waals surface area contributed by atoms with Gasteiger partial charge in [0.1, 0.15) is 5.82 Å². The maximum Gasteiger partial charge on any atom is 0.229 e. The molecule has 2 fully saturated rings. The fourth-order valence-electron chi connectivity index (χ4n) is 4.26. The van der Waals surface area contributed by atoms with Gasteiger partial charge < -0.3 is 10.2 Å². The lowest BCUT2D eigenvalue weighted by Gasteiger charge is -2.40. The number of aromatic nitrogens is 4. The predicted octanol–water partition coefficient (Wildman–Crippen LogP) is 2.64. The van der Waals surface area contributed by atoms with Crippen LogP contribution in [0.1, 0.15) is 45.4 Å². The monoisotopic (exact) mass is 357 g/mol. The molecule has 142 valence electrons. The normalized spacial score (nSPS) is 20.0. The lowest BCUT2D eigenvalue weighted by molar-refractivity contribution is 0.147. The molecule has 26 heavy (non-hydrogen) atoms. The average molecular weight is 358 g/mol. The minimum Gasteiger partial charge on any atom is -0.369 e. The van der Waals surface area contributed by atoms with Crippen molar-refractivity contribution in [1.82, 2.24) is 24.6 Å². The van der Waals surface area contributed by atoms with Crippen LogP contribution in [0.2, 0.25) is 0 Å². The van der Waals surface area contributed by atoms with E-state index in [1.54, 1.807) is 0 Å². The van der Waals surface area contributed by atoms with E-state index in [2.05, 4.69) is 27.1 Å². The van der Waals surface area contributed by atoms with Gasteiger partial charge in [-0.05, 0) is 19.3 Å². The molecule has 3 heterocycles. The second-order valence-corrected chi connectivity index (χ2v) is 7.62. The van der Waals surface area contributed by atoms with E-state index < -0.39 is 0 Å². The van der Waals surface area contributed by atoms with E-state index in [0.717, 1.165) is 68.0 Å². The Hall–Kier alpha value is -1.89. The summed E-state index contributed by atoms with van der Waals surface area (Å²) in [5.74, 6) is 1.75. The Labute approximate surface area is 155 Å². The molecule has 0 bridgehead atoms. The second-order valence-electron chi connectivity index (χ2n) is 7.62. The molecule has 0 amide bonds. The van der Waals surface area contributed by atoms with Crippen LogP contribution in [0, 0.1) is 0 Å². The Morgan fingerprint density at radius 1 is 1.08 bits per heavy atom. The summed E-state index contributed by atoms with van der Waals surface area (Å²) in [4.78, 5) is 14.7. The van der Waals surface area contributed by atoms with Gasteiger partial charge in [0.25, 0.3) is 0 Å². The molecule has 4 rings (SSSR count). The number of fused-ring (bicyclic) bond motifs is 1. The Kier molecular flexibility index (Phi) is 5.24. The maximum absolute atomic E-state index is 4.84. The molecule has 2 aromatic rings. The van der Waals surface area contributed by atoms with Crippen LogP contribution in [0.15, 0.2) is 6.20 Å².